The van der Waals surface area contributed by atoms with Crippen molar-refractivity contribution in [2.24, 2.45) is 0 Å². The predicted molar refractivity (Wildman–Crippen MR) is 121 cm³/mol. The monoisotopic (exact) mass is 440 g/mol. The number of ether oxygens (including phenoxy) is 2. The van der Waals surface area contributed by atoms with Crippen molar-refractivity contribution in [3.8, 4) is 5.75 Å². The van der Waals surface area contributed by atoms with E-state index in [1.54, 1.807) is 12.3 Å². The Morgan fingerprint density at radius 2 is 1.79 bits per heavy atom. The van der Waals surface area contributed by atoms with Crippen LogP contribution in [0.1, 0.15) is 46.4 Å². The largest absolute Gasteiger partial charge is 0.487 e. The molecule has 1 atom stereocenters. The summed E-state index contributed by atoms with van der Waals surface area (Å²) in [6.07, 6.45) is 4.05. The molecule has 2 fully saturated rings. The zero-order valence-corrected chi connectivity index (χ0v) is 18.2. The van der Waals surface area contributed by atoms with Crippen molar-refractivity contribution in [3.63, 3.8) is 0 Å². The molecule has 1 aliphatic carbocycles. The highest BCUT2D eigenvalue weighted by Crippen LogP contribution is 2.52. The van der Waals surface area contributed by atoms with Crippen LogP contribution in [-0.2, 0) is 27.2 Å². The fourth-order valence-corrected chi connectivity index (χ4v) is 5.17. The Hall–Kier alpha value is -3.67. The first-order valence-corrected chi connectivity index (χ1v) is 11.4. The van der Waals surface area contributed by atoms with Gasteiger partial charge in [0.1, 0.15) is 12.4 Å². The van der Waals surface area contributed by atoms with Gasteiger partial charge in [-0.05, 0) is 48.7 Å². The molecule has 3 heterocycles. The SMILES string of the molecule is O=C1OC2(CCN(C(=O)C3(c4ccc(OCc5ccccn5)cc4)CC3)C2)c2ccccc21. The third-order valence-corrected chi connectivity index (χ3v) is 7.12. The minimum atomic E-state index is -0.706. The van der Waals surface area contributed by atoms with Gasteiger partial charge in [-0.25, -0.2) is 4.79 Å². The summed E-state index contributed by atoms with van der Waals surface area (Å²) in [5.41, 5.74) is 2.23. The molecular weight excluding hydrogens is 416 g/mol. The molecule has 1 spiro atoms. The molecule has 6 nitrogen and oxygen atoms in total. The van der Waals surface area contributed by atoms with E-state index < -0.39 is 11.0 Å². The Bertz CT molecular complexity index is 1220. The maximum absolute atomic E-state index is 13.6. The molecule has 0 N–H and O–H groups in total. The number of hydrogen-bond donors (Lipinski definition) is 0. The van der Waals surface area contributed by atoms with E-state index in [0.717, 1.165) is 35.4 Å². The minimum absolute atomic E-state index is 0.127. The average Bonchev–Trinajstić information content (AvgIpc) is 3.49. The lowest BCUT2D eigenvalue weighted by Gasteiger charge is -2.27. The minimum Gasteiger partial charge on any atom is -0.487 e. The van der Waals surface area contributed by atoms with Crippen molar-refractivity contribution in [3.05, 3.63) is 95.3 Å². The summed E-state index contributed by atoms with van der Waals surface area (Å²) < 4.78 is 11.7. The van der Waals surface area contributed by atoms with Crippen molar-refractivity contribution in [2.45, 2.75) is 36.9 Å². The molecule has 6 heteroatoms. The Morgan fingerprint density at radius 1 is 1.00 bits per heavy atom. The van der Waals surface area contributed by atoms with E-state index in [1.165, 1.54) is 0 Å². The standard InChI is InChI=1S/C27H24N2O4/c30-24-22-6-1-2-7-23(22)27(33-24)14-16-29(18-27)25(31)26(12-13-26)19-8-10-21(11-9-19)32-17-20-5-3-4-15-28-20/h1-11,15H,12-14,16-18H2. The van der Waals surface area contributed by atoms with Crippen molar-refractivity contribution < 1.29 is 19.1 Å². The lowest BCUT2D eigenvalue weighted by atomic mass is 9.91. The van der Waals surface area contributed by atoms with Crippen LogP contribution in [0.2, 0.25) is 0 Å². The maximum atomic E-state index is 13.6. The fraction of sp³-hybridized carbons (Fsp3) is 0.296. The van der Waals surface area contributed by atoms with Crippen LogP contribution in [0.5, 0.6) is 5.75 Å². The lowest BCUT2D eigenvalue weighted by molar-refractivity contribution is -0.134. The summed E-state index contributed by atoms with van der Waals surface area (Å²) in [5.74, 6) is 0.589. The smallest absolute Gasteiger partial charge is 0.339 e. The Labute approximate surface area is 192 Å². The second-order valence-electron chi connectivity index (χ2n) is 9.12. The molecule has 3 aromatic rings. The van der Waals surface area contributed by atoms with Gasteiger partial charge in [-0.2, -0.15) is 0 Å². The first kappa shape index (κ1) is 20.0. The molecule has 0 bridgehead atoms. The number of pyridine rings is 1. The number of likely N-dealkylation sites (tertiary alicyclic amines) is 1. The van der Waals surface area contributed by atoms with E-state index >= 15 is 0 Å². The number of esters is 1. The Balaban J connectivity index is 1.16. The van der Waals surface area contributed by atoms with Crippen molar-refractivity contribution in [2.75, 3.05) is 13.1 Å². The number of benzene rings is 2. The molecular formula is C27H24N2O4. The van der Waals surface area contributed by atoms with E-state index in [9.17, 15) is 9.59 Å². The van der Waals surface area contributed by atoms with E-state index in [-0.39, 0.29) is 11.9 Å². The summed E-state index contributed by atoms with van der Waals surface area (Å²) in [6, 6.07) is 21.1. The topological polar surface area (TPSA) is 68.7 Å². The van der Waals surface area contributed by atoms with Gasteiger partial charge in [-0.3, -0.25) is 9.78 Å². The van der Waals surface area contributed by atoms with Gasteiger partial charge in [-0.1, -0.05) is 36.4 Å². The normalized spacial score (nSPS) is 22.2. The number of nitrogens with zero attached hydrogens (tertiary/aromatic N) is 2. The van der Waals surface area contributed by atoms with Gasteiger partial charge in [-0.15, -0.1) is 0 Å². The van der Waals surface area contributed by atoms with Gasteiger partial charge < -0.3 is 14.4 Å². The molecule has 166 valence electrons. The van der Waals surface area contributed by atoms with Gasteiger partial charge in [0.05, 0.1) is 23.2 Å². The third-order valence-electron chi connectivity index (χ3n) is 7.12. The van der Waals surface area contributed by atoms with E-state index in [4.69, 9.17) is 9.47 Å². The third kappa shape index (κ3) is 3.28. The van der Waals surface area contributed by atoms with E-state index in [0.29, 0.717) is 31.7 Å². The maximum Gasteiger partial charge on any atom is 0.339 e. The van der Waals surface area contributed by atoms with Crippen LogP contribution in [0.4, 0.5) is 0 Å². The highest BCUT2D eigenvalue weighted by atomic mass is 16.6. The highest BCUT2D eigenvalue weighted by Gasteiger charge is 2.57. The average molecular weight is 440 g/mol. The zero-order valence-electron chi connectivity index (χ0n) is 18.2. The molecule has 1 amide bonds. The number of rotatable bonds is 5. The Kier molecular flexibility index (Phi) is 4.50. The molecule has 6 rings (SSSR count). The van der Waals surface area contributed by atoms with Crippen LogP contribution in [0.25, 0.3) is 0 Å². The number of carbonyl (C=O) groups excluding carboxylic acids is 2. The second-order valence-corrected chi connectivity index (χ2v) is 9.12. The lowest BCUT2D eigenvalue weighted by Crippen LogP contribution is -2.40. The molecule has 1 saturated carbocycles. The van der Waals surface area contributed by atoms with Gasteiger partial charge in [0, 0.05) is 24.7 Å². The van der Waals surface area contributed by atoms with Crippen molar-refractivity contribution in [1.29, 1.82) is 0 Å². The van der Waals surface area contributed by atoms with Gasteiger partial charge in [0.25, 0.3) is 0 Å². The van der Waals surface area contributed by atoms with Crippen LogP contribution in [0.3, 0.4) is 0 Å². The number of aromatic nitrogens is 1. The summed E-state index contributed by atoms with van der Waals surface area (Å²) in [6.45, 7) is 1.41. The molecule has 2 aromatic carbocycles. The molecule has 1 aromatic heterocycles. The predicted octanol–water partition coefficient (Wildman–Crippen LogP) is 3.99. The first-order chi connectivity index (χ1) is 16.1. The quantitative estimate of drug-likeness (QED) is 0.561. The van der Waals surface area contributed by atoms with Crippen molar-refractivity contribution >= 4 is 11.9 Å². The summed E-state index contributed by atoms with van der Waals surface area (Å²) in [5, 5.41) is 0. The summed E-state index contributed by atoms with van der Waals surface area (Å²) >= 11 is 0. The first-order valence-electron chi connectivity index (χ1n) is 11.4. The summed E-state index contributed by atoms with van der Waals surface area (Å²) in [7, 11) is 0. The number of amides is 1. The van der Waals surface area contributed by atoms with Crippen LogP contribution in [0.15, 0.2) is 72.9 Å². The second kappa shape index (κ2) is 7.44. The highest BCUT2D eigenvalue weighted by molar-refractivity contribution is 5.96. The number of fused-ring (bicyclic) bond motifs is 2. The molecule has 2 aliphatic heterocycles. The van der Waals surface area contributed by atoms with Gasteiger partial charge in [0.2, 0.25) is 5.91 Å². The molecule has 33 heavy (non-hydrogen) atoms. The fourth-order valence-electron chi connectivity index (χ4n) is 5.17. The summed E-state index contributed by atoms with van der Waals surface area (Å²) in [4.78, 5) is 32.1. The number of carbonyl (C=O) groups is 2. The molecule has 1 unspecified atom stereocenters. The van der Waals surface area contributed by atoms with Crippen LogP contribution in [-0.4, -0.2) is 34.8 Å². The van der Waals surface area contributed by atoms with Gasteiger partial charge in [0.15, 0.2) is 5.60 Å². The van der Waals surface area contributed by atoms with Crippen LogP contribution < -0.4 is 4.74 Å². The molecule has 3 aliphatic rings. The van der Waals surface area contributed by atoms with Crippen LogP contribution in [0, 0.1) is 0 Å². The molecule has 0 radical (unpaired) electrons. The van der Waals surface area contributed by atoms with Crippen molar-refractivity contribution in [1.82, 2.24) is 9.88 Å². The molecule has 1 saturated heterocycles. The van der Waals surface area contributed by atoms with Gasteiger partial charge >= 0.3 is 5.97 Å². The van der Waals surface area contributed by atoms with E-state index in [1.807, 2.05) is 65.6 Å². The Morgan fingerprint density at radius 3 is 2.55 bits per heavy atom. The van der Waals surface area contributed by atoms with E-state index in [2.05, 4.69) is 4.98 Å². The van der Waals surface area contributed by atoms with Crippen LogP contribution >= 0.6 is 0 Å². The number of hydrogen-bond acceptors (Lipinski definition) is 5. The zero-order chi connectivity index (χ0) is 22.5.